The molecule has 0 aliphatic carbocycles. The molecule has 1 fully saturated rings. The third-order valence-electron chi connectivity index (χ3n) is 4.00. The van der Waals surface area contributed by atoms with Crippen molar-refractivity contribution in [3.8, 4) is 5.75 Å². The molecule has 0 aromatic heterocycles. The molecule has 0 unspecified atom stereocenters. The summed E-state index contributed by atoms with van der Waals surface area (Å²) in [6.45, 7) is 3.91. The van der Waals surface area contributed by atoms with E-state index in [2.05, 4.69) is 4.90 Å². The molecule has 2 rings (SSSR count). The Kier molecular flexibility index (Phi) is 5.20. The summed E-state index contributed by atoms with van der Waals surface area (Å²) in [5.41, 5.74) is 0.662. The summed E-state index contributed by atoms with van der Waals surface area (Å²) in [6, 6.07) is 7.44. The van der Waals surface area contributed by atoms with Gasteiger partial charge in [0.2, 0.25) is 0 Å². The van der Waals surface area contributed by atoms with Gasteiger partial charge in [0.05, 0.1) is 6.61 Å². The van der Waals surface area contributed by atoms with E-state index in [1.54, 1.807) is 12.1 Å². The van der Waals surface area contributed by atoms with E-state index >= 15 is 0 Å². The van der Waals surface area contributed by atoms with Crippen LogP contribution in [0.25, 0.3) is 0 Å². The Morgan fingerprint density at radius 3 is 2.48 bits per heavy atom. The zero-order valence-electron chi connectivity index (χ0n) is 13.0. The van der Waals surface area contributed by atoms with E-state index in [-0.39, 0.29) is 24.5 Å². The van der Waals surface area contributed by atoms with Crippen LogP contribution in [0.3, 0.4) is 0 Å². The third kappa shape index (κ3) is 3.54. The number of aliphatic hydroxyl groups excluding tert-OH is 1. The van der Waals surface area contributed by atoms with E-state index in [4.69, 9.17) is 4.74 Å². The minimum Gasteiger partial charge on any atom is -0.494 e. The lowest BCUT2D eigenvalue weighted by Gasteiger charge is -2.23. The van der Waals surface area contributed by atoms with Crippen molar-refractivity contribution in [2.45, 2.75) is 13.0 Å². The molecule has 1 aliphatic heterocycles. The molecule has 1 heterocycles. The zero-order valence-corrected chi connectivity index (χ0v) is 13.0. The Labute approximate surface area is 126 Å². The summed E-state index contributed by atoms with van der Waals surface area (Å²) in [5, 5.41) is 9.47. The van der Waals surface area contributed by atoms with Crippen molar-refractivity contribution < 1.29 is 14.6 Å². The van der Waals surface area contributed by atoms with Crippen LogP contribution in [-0.2, 0) is 0 Å². The van der Waals surface area contributed by atoms with Gasteiger partial charge in [-0.2, -0.15) is 0 Å². The summed E-state index contributed by atoms with van der Waals surface area (Å²) < 4.78 is 5.38. The molecule has 1 aromatic carbocycles. The van der Waals surface area contributed by atoms with E-state index < -0.39 is 0 Å². The first-order chi connectivity index (χ1) is 10.1. The Balaban J connectivity index is 2.06. The van der Waals surface area contributed by atoms with Crippen molar-refractivity contribution in [1.29, 1.82) is 0 Å². The third-order valence-corrected chi connectivity index (χ3v) is 4.00. The van der Waals surface area contributed by atoms with Crippen molar-refractivity contribution in [2.75, 3.05) is 40.4 Å². The predicted molar refractivity (Wildman–Crippen MR) is 81.6 cm³/mol. The fourth-order valence-electron chi connectivity index (χ4n) is 2.83. The highest BCUT2D eigenvalue weighted by Crippen LogP contribution is 2.23. The van der Waals surface area contributed by atoms with Crippen molar-refractivity contribution in [2.24, 2.45) is 5.92 Å². The maximum Gasteiger partial charge on any atom is 0.253 e. The van der Waals surface area contributed by atoms with Crippen LogP contribution >= 0.6 is 0 Å². The topological polar surface area (TPSA) is 53.0 Å². The molecule has 5 heteroatoms. The highest BCUT2D eigenvalue weighted by molar-refractivity contribution is 5.94. The fourth-order valence-corrected chi connectivity index (χ4v) is 2.83. The number of ether oxygens (including phenoxy) is 1. The Morgan fingerprint density at radius 1 is 1.33 bits per heavy atom. The molecular formula is C16H24N2O3. The molecule has 116 valence electrons. The van der Waals surface area contributed by atoms with E-state index in [0.717, 1.165) is 5.75 Å². The van der Waals surface area contributed by atoms with Crippen LogP contribution in [0.2, 0.25) is 0 Å². The number of carbonyl (C=O) groups excluding carboxylic acids is 1. The van der Waals surface area contributed by atoms with Crippen molar-refractivity contribution in [3.05, 3.63) is 29.8 Å². The SMILES string of the molecule is CCOc1ccc(C(=O)N2C[C@@H](CO)[C@H](N(C)C)C2)cc1. The van der Waals surface area contributed by atoms with E-state index in [1.807, 2.05) is 38.1 Å². The molecule has 0 radical (unpaired) electrons. The molecule has 0 saturated carbocycles. The number of hydrogen-bond donors (Lipinski definition) is 1. The number of benzene rings is 1. The first-order valence-electron chi connectivity index (χ1n) is 7.36. The lowest BCUT2D eigenvalue weighted by atomic mass is 10.0. The number of amides is 1. The molecule has 0 bridgehead atoms. The summed E-state index contributed by atoms with van der Waals surface area (Å²) in [7, 11) is 3.97. The lowest BCUT2D eigenvalue weighted by molar-refractivity contribution is 0.0779. The average molecular weight is 292 g/mol. The summed E-state index contributed by atoms with van der Waals surface area (Å²) >= 11 is 0. The van der Waals surface area contributed by atoms with Gasteiger partial charge in [0.15, 0.2) is 0 Å². The summed E-state index contributed by atoms with van der Waals surface area (Å²) in [6.07, 6.45) is 0. The zero-order chi connectivity index (χ0) is 15.4. The van der Waals surface area contributed by atoms with Crippen molar-refractivity contribution in [3.63, 3.8) is 0 Å². The lowest BCUT2D eigenvalue weighted by Crippen LogP contribution is -2.37. The minimum absolute atomic E-state index is 0.0147. The molecule has 1 amide bonds. The van der Waals surface area contributed by atoms with Gasteiger partial charge in [-0.25, -0.2) is 0 Å². The van der Waals surface area contributed by atoms with Gasteiger partial charge in [0.25, 0.3) is 5.91 Å². The van der Waals surface area contributed by atoms with Gasteiger partial charge in [-0.15, -0.1) is 0 Å². The van der Waals surface area contributed by atoms with Crippen LogP contribution in [0.1, 0.15) is 17.3 Å². The van der Waals surface area contributed by atoms with Crippen LogP contribution in [0, 0.1) is 5.92 Å². The predicted octanol–water partition coefficient (Wildman–Crippen LogP) is 1.08. The number of rotatable bonds is 5. The van der Waals surface area contributed by atoms with Gasteiger partial charge in [-0.1, -0.05) is 0 Å². The Bertz CT molecular complexity index is 473. The number of aliphatic hydroxyl groups is 1. The molecular weight excluding hydrogens is 268 g/mol. The van der Waals surface area contributed by atoms with Crippen LogP contribution in [0.15, 0.2) is 24.3 Å². The molecule has 2 atom stereocenters. The quantitative estimate of drug-likeness (QED) is 0.882. The Morgan fingerprint density at radius 2 is 2.00 bits per heavy atom. The molecule has 21 heavy (non-hydrogen) atoms. The number of carbonyl (C=O) groups is 1. The first-order valence-corrected chi connectivity index (χ1v) is 7.36. The molecule has 1 N–H and O–H groups in total. The second kappa shape index (κ2) is 6.91. The maximum atomic E-state index is 12.5. The number of likely N-dealkylation sites (N-methyl/N-ethyl adjacent to an activating group) is 1. The normalized spacial score (nSPS) is 21.9. The van der Waals surface area contributed by atoms with Gasteiger partial charge in [0, 0.05) is 37.2 Å². The molecule has 1 aromatic rings. The van der Waals surface area contributed by atoms with E-state index in [1.165, 1.54) is 0 Å². The van der Waals surface area contributed by atoms with Gasteiger partial charge in [0.1, 0.15) is 5.75 Å². The van der Waals surface area contributed by atoms with E-state index in [9.17, 15) is 9.90 Å². The monoisotopic (exact) mass is 292 g/mol. The highest BCUT2D eigenvalue weighted by Gasteiger charge is 2.36. The molecule has 1 saturated heterocycles. The Hall–Kier alpha value is -1.59. The number of hydrogen-bond acceptors (Lipinski definition) is 4. The highest BCUT2D eigenvalue weighted by atomic mass is 16.5. The number of nitrogens with zero attached hydrogens (tertiary/aromatic N) is 2. The average Bonchev–Trinajstić information content (AvgIpc) is 2.92. The summed E-state index contributed by atoms with van der Waals surface area (Å²) in [4.78, 5) is 16.4. The minimum atomic E-state index is 0.0147. The smallest absolute Gasteiger partial charge is 0.253 e. The van der Waals surface area contributed by atoms with E-state index in [0.29, 0.717) is 25.3 Å². The second-order valence-electron chi connectivity index (χ2n) is 5.64. The van der Waals surface area contributed by atoms with Crippen LogP contribution in [0.4, 0.5) is 0 Å². The van der Waals surface area contributed by atoms with Gasteiger partial charge in [-0.3, -0.25) is 4.79 Å². The molecule has 1 aliphatic rings. The van der Waals surface area contributed by atoms with Gasteiger partial charge in [-0.05, 0) is 45.3 Å². The number of likely N-dealkylation sites (tertiary alicyclic amines) is 1. The fraction of sp³-hybridized carbons (Fsp3) is 0.562. The molecule has 5 nitrogen and oxygen atoms in total. The van der Waals surface area contributed by atoms with Gasteiger partial charge < -0.3 is 19.6 Å². The van der Waals surface area contributed by atoms with Crippen LogP contribution < -0.4 is 4.74 Å². The largest absolute Gasteiger partial charge is 0.494 e. The summed E-state index contributed by atoms with van der Waals surface area (Å²) in [5.74, 6) is 0.905. The van der Waals surface area contributed by atoms with Crippen LogP contribution in [-0.4, -0.2) is 67.3 Å². The van der Waals surface area contributed by atoms with Gasteiger partial charge >= 0.3 is 0 Å². The van der Waals surface area contributed by atoms with Crippen molar-refractivity contribution >= 4 is 5.91 Å². The first kappa shape index (κ1) is 15.8. The standard InChI is InChI=1S/C16H24N2O3/c1-4-21-14-7-5-12(6-8-14)16(20)18-9-13(11-19)15(10-18)17(2)3/h5-8,13,15,19H,4,9-11H2,1-3H3/t13-,15+/m0/s1. The van der Waals surface area contributed by atoms with Crippen LogP contribution in [0.5, 0.6) is 5.75 Å². The van der Waals surface area contributed by atoms with Crippen molar-refractivity contribution in [1.82, 2.24) is 9.80 Å². The molecule has 0 spiro atoms. The maximum absolute atomic E-state index is 12.5. The second-order valence-corrected chi connectivity index (χ2v) is 5.64.